The molecule has 3 nitrogen and oxygen atoms in total. The van der Waals surface area contributed by atoms with Crippen molar-refractivity contribution in [2.75, 3.05) is 18.2 Å². The Labute approximate surface area is 122 Å². The Bertz CT molecular complexity index is 760. The van der Waals surface area contributed by atoms with Gasteiger partial charge in [0.05, 0.1) is 10.6 Å². The van der Waals surface area contributed by atoms with Crippen LogP contribution in [0.1, 0.15) is 5.56 Å². The molecule has 6 heteroatoms. The Morgan fingerprint density at radius 3 is 2.33 bits per heavy atom. The van der Waals surface area contributed by atoms with Crippen molar-refractivity contribution in [2.45, 2.75) is 11.4 Å². The summed E-state index contributed by atoms with van der Waals surface area (Å²) in [7, 11) is -1.66. The van der Waals surface area contributed by atoms with Crippen LogP contribution < -0.4 is 4.90 Å². The third kappa shape index (κ3) is 3.58. The highest BCUT2D eigenvalue weighted by Crippen LogP contribution is 2.25. The molecule has 21 heavy (non-hydrogen) atoms. The SMILES string of the molecule is CN(Cc1ccc(F)c(F)c1)c1ccccc1S(C)(=O)=O. The molecule has 0 fully saturated rings. The lowest BCUT2D eigenvalue weighted by molar-refractivity contribution is 0.507. The minimum absolute atomic E-state index is 0.204. The van der Waals surface area contributed by atoms with Gasteiger partial charge in [0, 0.05) is 19.8 Å². The van der Waals surface area contributed by atoms with E-state index in [1.54, 1.807) is 30.1 Å². The highest BCUT2D eigenvalue weighted by atomic mass is 32.2. The van der Waals surface area contributed by atoms with Crippen LogP contribution in [0.5, 0.6) is 0 Å². The molecule has 2 rings (SSSR count). The lowest BCUT2D eigenvalue weighted by atomic mass is 10.2. The van der Waals surface area contributed by atoms with Crippen LogP contribution in [0.4, 0.5) is 14.5 Å². The van der Waals surface area contributed by atoms with Gasteiger partial charge in [0.1, 0.15) is 0 Å². The Kier molecular flexibility index (Phi) is 4.27. The van der Waals surface area contributed by atoms with Gasteiger partial charge in [-0.1, -0.05) is 18.2 Å². The van der Waals surface area contributed by atoms with Crippen molar-refractivity contribution in [3.05, 3.63) is 59.7 Å². The Hall–Kier alpha value is -1.95. The maximum atomic E-state index is 13.2. The number of benzene rings is 2. The summed E-state index contributed by atoms with van der Waals surface area (Å²) >= 11 is 0. The predicted octanol–water partition coefficient (Wildman–Crippen LogP) is 3.00. The van der Waals surface area contributed by atoms with Gasteiger partial charge in [-0.05, 0) is 29.8 Å². The van der Waals surface area contributed by atoms with Crippen LogP contribution >= 0.6 is 0 Å². The van der Waals surface area contributed by atoms with Crippen LogP contribution in [-0.2, 0) is 16.4 Å². The van der Waals surface area contributed by atoms with Gasteiger partial charge in [0.2, 0.25) is 0 Å². The average molecular weight is 311 g/mol. The van der Waals surface area contributed by atoms with Gasteiger partial charge in [-0.25, -0.2) is 17.2 Å². The van der Waals surface area contributed by atoms with Crippen molar-refractivity contribution in [3.63, 3.8) is 0 Å². The average Bonchev–Trinajstić information content (AvgIpc) is 2.42. The molecule has 0 unspecified atom stereocenters. The molecule has 0 N–H and O–H groups in total. The maximum absolute atomic E-state index is 13.2. The van der Waals surface area contributed by atoms with Crippen LogP contribution in [0.3, 0.4) is 0 Å². The first kappa shape index (κ1) is 15.4. The Morgan fingerprint density at radius 1 is 1.05 bits per heavy atom. The summed E-state index contributed by atoms with van der Waals surface area (Å²) in [5, 5.41) is 0. The molecule has 0 bridgehead atoms. The minimum Gasteiger partial charge on any atom is -0.369 e. The number of nitrogens with zero attached hydrogens (tertiary/aromatic N) is 1. The largest absolute Gasteiger partial charge is 0.369 e. The van der Waals surface area contributed by atoms with E-state index in [9.17, 15) is 17.2 Å². The first-order valence-corrected chi connectivity index (χ1v) is 8.12. The molecule has 0 aliphatic heterocycles. The topological polar surface area (TPSA) is 37.4 Å². The van der Waals surface area contributed by atoms with Gasteiger partial charge in [0.25, 0.3) is 0 Å². The normalized spacial score (nSPS) is 11.4. The van der Waals surface area contributed by atoms with Crippen molar-refractivity contribution in [1.82, 2.24) is 0 Å². The Balaban J connectivity index is 2.33. The smallest absolute Gasteiger partial charge is 0.177 e. The molecule has 0 amide bonds. The number of para-hydroxylation sites is 1. The monoisotopic (exact) mass is 311 g/mol. The lowest BCUT2D eigenvalue weighted by Crippen LogP contribution is -2.19. The molecule has 0 radical (unpaired) electrons. The zero-order chi connectivity index (χ0) is 15.6. The summed E-state index contributed by atoms with van der Waals surface area (Å²) in [4.78, 5) is 1.89. The van der Waals surface area contributed by atoms with Crippen molar-refractivity contribution >= 4 is 15.5 Å². The molecule has 112 valence electrons. The molecular weight excluding hydrogens is 296 g/mol. The van der Waals surface area contributed by atoms with Gasteiger partial charge < -0.3 is 4.90 Å². The minimum atomic E-state index is -3.36. The first-order valence-electron chi connectivity index (χ1n) is 6.23. The first-order chi connectivity index (χ1) is 9.79. The second kappa shape index (κ2) is 5.81. The summed E-state index contributed by atoms with van der Waals surface area (Å²) in [5.41, 5.74) is 1.07. The molecule has 0 saturated carbocycles. The number of rotatable bonds is 4. The number of hydrogen-bond acceptors (Lipinski definition) is 3. The number of halogens is 2. The number of sulfone groups is 1. The molecule has 0 saturated heterocycles. The summed E-state index contributed by atoms with van der Waals surface area (Å²) in [6.07, 6.45) is 1.14. The summed E-state index contributed by atoms with van der Waals surface area (Å²) in [6, 6.07) is 10.2. The predicted molar refractivity (Wildman–Crippen MR) is 78.0 cm³/mol. The highest BCUT2D eigenvalue weighted by Gasteiger charge is 2.16. The third-order valence-electron chi connectivity index (χ3n) is 3.08. The van der Waals surface area contributed by atoms with E-state index in [0.717, 1.165) is 18.4 Å². The molecule has 0 aliphatic carbocycles. The molecule has 2 aromatic rings. The van der Waals surface area contributed by atoms with Crippen molar-refractivity contribution < 1.29 is 17.2 Å². The fourth-order valence-corrected chi connectivity index (χ4v) is 3.01. The van der Waals surface area contributed by atoms with Crippen LogP contribution in [0.15, 0.2) is 47.4 Å². The fraction of sp³-hybridized carbons (Fsp3) is 0.200. The summed E-state index contributed by atoms with van der Waals surface area (Å²) < 4.78 is 49.7. The van der Waals surface area contributed by atoms with Gasteiger partial charge in [-0.15, -0.1) is 0 Å². The lowest BCUT2D eigenvalue weighted by Gasteiger charge is -2.22. The number of anilines is 1. The molecule has 0 spiro atoms. The van der Waals surface area contributed by atoms with E-state index in [1.807, 2.05) is 0 Å². The van der Waals surface area contributed by atoms with E-state index in [2.05, 4.69) is 0 Å². The number of hydrogen-bond donors (Lipinski definition) is 0. The zero-order valence-corrected chi connectivity index (χ0v) is 12.5. The van der Waals surface area contributed by atoms with Gasteiger partial charge >= 0.3 is 0 Å². The van der Waals surface area contributed by atoms with Gasteiger partial charge in [-0.2, -0.15) is 0 Å². The second-order valence-corrected chi connectivity index (χ2v) is 6.83. The molecular formula is C15H15F2NO2S. The fourth-order valence-electron chi connectivity index (χ4n) is 2.08. The van der Waals surface area contributed by atoms with Crippen LogP contribution in [0.2, 0.25) is 0 Å². The van der Waals surface area contributed by atoms with Crippen molar-refractivity contribution in [2.24, 2.45) is 0 Å². The van der Waals surface area contributed by atoms with E-state index >= 15 is 0 Å². The van der Waals surface area contributed by atoms with Gasteiger partial charge in [-0.3, -0.25) is 0 Å². The maximum Gasteiger partial charge on any atom is 0.177 e. The Morgan fingerprint density at radius 2 is 1.71 bits per heavy atom. The summed E-state index contributed by atoms with van der Waals surface area (Å²) in [5.74, 6) is -1.82. The standard InChI is InChI=1S/C15H15F2NO2S/c1-18(10-11-7-8-12(16)13(17)9-11)14-5-3-4-6-15(14)21(2,19)20/h3-9H,10H2,1-2H3. The third-order valence-corrected chi connectivity index (χ3v) is 4.22. The van der Waals surface area contributed by atoms with Crippen LogP contribution in [-0.4, -0.2) is 21.7 Å². The zero-order valence-electron chi connectivity index (χ0n) is 11.7. The van der Waals surface area contributed by atoms with E-state index in [4.69, 9.17) is 0 Å². The molecule has 2 aromatic carbocycles. The van der Waals surface area contributed by atoms with Crippen molar-refractivity contribution in [1.29, 1.82) is 0 Å². The van der Waals surface area contributed by atoms with E-state index in [0.29, 0.717) is 11.3 Å². The summed E-state index contributed by atoms with van der Waals surface area (Å²) in [6.45, 7) is 0.268. The highest BCUT2D eigenvalue weighted by molar-refractivity contribution is 7.90. The van der Waals surface area contributed by atoms with E-state index < -0.39 is 21.5 Å². The van der Waals surface area contributed by atoms with Crippen LogP contribution in [0.25, 0.3) is 0 Å². The molecule has 0 heterocycles. The van der Waals surface area contributed by atoms with Gasteiger partial charge in [0.15, 0.2) is 21.5 Å². The quantitative estimate of drug-likeness (QED) is 0.871. The van der Waals surface area contributed by atoms with Crippen molar-refractivity contribution in [3.8, 4) is 0 Å². The molecule has 0 atom stereocenters. The molecule has 0 aromatic heterocycles. The van der Waals surface area contributed by atoms with E-state index in [1.165, 1.54) is 12.1 Å². The molecule has 0 aliphatic rings. The second-order valence-electron chi connectivity index (χ2n) is 4.84. The van der Waals surface area contributed by atoms with Crippen LogP contribution in [0, 0.1) is 11.6 Å². The van der Waals surface area contributed by atoms with E-state index in [-0.39, 0.29) is 11.4 Å².